The largest absolute Gasteiger partial charge is 0.422 e. The molecule has 36 heavy (non-hydrogen) atoms. The highest BCUT2D eigenvalue weighted by atomic mass is 16.4. The normalized spacial score (nSPS) is 10.8. The number of fused-ring (bicyclic) bond motifs is 3. The summed E-state index contributed by atoms with van der Waals surface area (Å²) in [5.74, 6) is 0. The first kappa shape index (κ1) is 23.3. The van der Waals surface area contributed by atoms with E-state index in [0.29, 0.717) is 11.0 Å². The first-order valence-electron chi connectivity index (χ1n) is 12.2. The second-order valence-electron chi connectivity index (χ2n) is 9.15. The monoisotopic (exact) mass is 468 g/mol. The minimum absolute atomic E-state index is 0.271. The van der Waals surface area contributed by atoms with Crippen LogP contribution in [0.2, 0.25) is 0 Å². The molecule has 0 fully saturated rings. The molecule has 1 heterocycles. The van der Waals surface area contributed by atoms with Gasteiger partial charge in [0, 0.05) is 5.39 Å². The first-order chi connectivity index (χ1) is 17.5. The van der Waals surface area contributed by atoms with E-state index in [-0.39, 0.29) is 5.63 Å². The van der Waals surface area contributed by atoms with Gasteiger partial charge in [0.2, 0.25) is 0 Å². The lowest BCUT2D eigenvalue weighted by atomic mass is 9.93. The van der Waals surface area contributed by atoms with Crippen molar-refractivity contribution < 1.29 is 4.42 Å². The quantitative estimate of drug-likeness (QED) is 0.188. The number of aryl methyl sites for hydroxylation is 3. The molecule has 0 unspecified atom stereocenters. The zero-order valence-electron chi connectivity index (χ0n) is 20.8. The molecule has 1 aromatic heterocycles. The van der Waals surface area contributed by atoms with Crippen molar-refractivity contribution in [1.82, 2.24) is 0 Å². The molecule has 2 heteroatoms. The summed E-state index contributed by atoms with van der Waals surface area (Å²) in [5.41, 5.74) is 9.36. The van der Waals surface area contributed by atoms with Crippen molar-refractivity contribution in [3.8, 4) is 22.3 Å². The Kier molecular flexibility index (Phi) is 6.51. The minimum Gasteiger partial charge on any atom is -0.422 e. The standard InChI is InChI=1S/C20H18.C14H10O2/c1-15-8-6-7-11-19(15)20-14-18(13-12-16(20)2)17-9-4-3-5-10-17;1-9-6-7-13-12(8-9)10-4-2-3-5-11(10)14(15)16-13/h3-14H,1-2H3;2-8H,1H3. The molecule has 6 rings (SSSR count). The fraction of sp³-hybridized carbons (Fsp3) is 0.0882. The van der Waals surface area contributed by atoms with Crippen LogP contribution in [-0.4, -0.2) is 0 Å². The lowest BCUT2D eigenvalue weighted by Crippen LogP contribution is -1.99. The van der Waals surface area contributed by atoms with Crippen molar-refractivity contribution in [3.63, 3.8) is 0 Å². The Labute approximate surface area is 211 Å². The maximum Gasteiger partial charge on any atom is 0.344 e. The van der Waals surface area contributed by atoms with Gasteiger partial charge in [-0.15, -0.1) is 0 Å². The molecular formula is C34H28O2. The molecule has 6 aromatic rings. The summed E-state index contributed by atoms with van der Waals surface area (Å²) in [7, 11) is 0. The summed E-state index contributed by atoms with van der Waals surface area (Å²) in [5, 5.41) is 2.59. The Morgan fingerprint density at radius 1 is 0.500 bits per heavy atom. The molecule has 0 aliphatic rings. The number of benzene rings is 5. The summed E-state index contributed by atoms with van der Waals surface area (Å²) in [4.78, 5) is 11.7. The Morgan fingerprint density at radius 2 is 1.17 bits per heavy atom. The van der Waals surface area contributed by atoms with Crippen molar-refractivity contribution in [2.24, 2.45) is 0 Å². The fourth-order valence-corrected chi connectivity index (χ4v) is 4.59. The third kappa shape index (κ3) is 4.71. The summed E-state index contributed by atoms with van der Waals surface area (Å²) in [6.07, 6.45) is 0. The van der Waals surface area contributed by atoms with Gasteiger partial charge in [0.25, 0.3) is 0 Å². The van der Waals surface area contributed by atoms with Gasteiger partial charge in [0.05, 0.1) is 5.39 Å². The molecule has 0 radical (unpaired) electrons. The Bertz CT molecular complexity index is 1730. The van der Waals surface area contributed by atoms with E-state index in [4.69, 9.17) is 4.42 Å². The average Bonchev–Trinajstić information content (AvgIpc) is 2.91. The van der Waals surface area contributed by atoms with E-state index in [1.807, 2.05) is 43.3 Å². The van der Waals surface area contributed by atoms with E-state index in [2.05, 4.69) is 86.6 Å². The van der Waals surface area contributed by atoms with Gasteiger partial charge in [0.15, 0.2) is 0 Å². The van der Waals surface area contributed by atoms with Crippen molar-refractivity contribution >= 4 is 21.7 Å². The highest BCUT2D eigenvalue weighted by Gasteiger charge is 2.07. The molecule has 0 aliphatic heterocycles. The molecule has 0 saturated heterocycles. The van der Waals surface area contributed by atoms with Crippen LogP contribution in [0.25, 0.3) is 44.0 Å². The van der Waals surface area contributed by atoms with Gasteiger partial charge < -0.3 is 4.42 Å². The van der Waals surface area contributed by atoms with E-state index in [0.717, 1.165) is 16.3 Å². The lowest BCUT2D eigenvalue weighted by molar-refractivity contribution is 0.569. The highest BCUT2D eigenvalue weighted by Crippen LogP contribution is 2.31. The van der Waals surface area contributed by atoms with E-state index >= 15 is 0 Å². The number of hydrogen-bond acceptors (Lipinski definition) is 2. The van der Waals surface area contributed by atoms with Gasteiger partial charge in [-0.3, -0.25) is 0 Å². The van der Waals surface area contributed by atoms with E-state index in [1.165, 1.54) is 33.4 Å². The number of rotatable bonds is 2. The molecule has 176 valence electrons. The minimum atomic E-state index is -0.271. The number of hydrogen-bond donors (Lipinski definition) is 0. The Hall–Kier alpha value is -4.43. The van der Waals surface area contributed by atoms with Crippen LogP contribution in [0.5, 0.6) is 0 Å². The summed E-state index contributed by atoms with van der Waals surface area (Å²) in [6, 6.07) is 39.2. The van der Waals surface area contributed by atoms with Gasteiger partial charge in [-0.05, 0) is 83.8 Å². The lowest BCUT2D eigenvalue weighted by Gasteiger charge is -2.12. The average molecular weight is 469 g/mol. The van der Waals surface area contributed by atoms with E-state index in [1.54, 1.807) is 6.07 Å². The molecule has 0 N–H and O–H groups in total. The zero-order chi connectivity index (χ0) is 25.1. The SMILES string of the molecule is Cc1ccc2oc(=O)c3ccccc3c2c1.Cc1ccccc1-c1cc(-c2ccccc2)ccc1C. The molecule has 0 spiro atoms. The van der Waals surface area contributed by atoms with E-state index < -0.39 is 0 Å². The predicted octanol–water partition coefficient (Wildman–Crippen LogP) is 8.89. The maximum atomic E-state index is 11.7. The van der Waals surface area contributed by atoms with Gasteiger partial charge in [0.1, 0.15) is 5.58 Å². The van der Waals surface area contributed by atoms with Gasteiger partial charge >= 0.3 is 5.63 Å². The predicted molar refractivity (Wildman–Crippen MR) is 152 cm³/mol. The van der Waals surface area contributed by atoms with Gasteiger partial charge in [-0.25, -0.2) is 4.79 Å². The van der Waals surface area contributed by atoms with Crippen molar-refractivity contribution in [2.45, 2.75) is 20.8 Å². The molecular weight excluding hydrogens is 440 g/mol. The van der Waals surface area contributed by atoms with Crippen molar-refractivity contribution in [2.75, 3.05) is 0 Å². The van der Waals surface area contributed by atoms with Crippen LogP contribution < -0.4 is 5.63 Å². The summed E-state index contributed by atoms with van der Waals surface area (Å²) >= 11 is 0. The van der Waals surface area contributed by atoms with Crippen LogP contribution in [0, 0.1) is 20.8 Å². The molecule has 0 atom stereocenters. The van der Waals surface area contributed by atoms with Crippen LogP contribution in [0.1, 0.15) is 16.7 Å². The zero-order valence-corrected chi connectivity index (χ0v) is 20.8. The van der Waals surface area contributed by atoms with Crippen LogP contribution in [-0.2, 0) is 0 Å². The molecule has 0 saturated carbocycles. The molecule has 5 aromatic carbocycles. The maximum absolute atomic E-state index is 11.7. The molecule has 0 bridgehead atoms. The third-order valence-corrected chi connectivity index (χ3v) is 6.55. The van der Waals surface area contributed by atoms with Gasteiger partial charge in [-0.2, -0.15) is 0 Å². The fourth-order valence-electron chi connectivity index (χ4n) is 4.59. The van der Waals surface area contributed by atoms with E-state index in [9.17, 15) is 4.79 Å². The second kappa shape index (κ2) is 10.1. The van der Waals surface area contributed by atoms with Crippen LogP contribution in [0.15, 0.2) is 124 Å². The summed E-state index contributed by atoms with van der Waals surface area (Å²) < 4.78 is 5.27. The molecule has 0 amide bonds. The third-order valence-electron chi connectivity index (χ3n) is 6.55. The van der Waals surface area contributed by atoms with Gasteiger partial charge in [-0.1, -0.05) is 96.6 Å². The highest BCUT2D eigenvalue weighted by molar-refractivity contribution is 6.04. The molecule has 2 nitrogen and oxygen atoms in total. The van der Waals surface area contributed by atoms with Crippen LogP contribution in [0.3, 0.4) is 0 Å². The topological polar surface area (TPSA) is 30.2 Å². The first-order valence-corrected chi connectivity index (χ1v) is 12.2. The molecule has 0 aliphatic carbocycles. The van der Waals surface area contributed by atoms with Crippen LogP contribution in [0.4, 0.5) is 0 Å². The van der Waals surface area contributed by atoms with Crippen molar-refractivity contribution in [1.29, 1.82) is 0 Å². The Balaban J connectivity index is 0.000000152. The smallest absolute Gasteiger partial charge is 0.344 e. The van der Waals surface area contributed by atoms with Crippen molar-refractivity contribution in [3.05, 3.63) is 142 Å². The Morgan fingerprint density at radius 3 is 1.94 bits per heavy atom. The second-order valence-corrected chi connectivity index (χ2v) is 9.15. The summed E-state index contributed by atoms with van der Waals surface area (Å²) in [6.45, 7) is 6.37. The van der Waals surface area contributed by atoms with Crippen LogP contribution >= 0.6 is 0 Å².